The largest absolute Gasteiger partial charge is 0.331 e. The van der Waals surface area contributed by atoms with Gasteiger partial charge in [0.05, 0.1) is 0 Å². The first-order valence-electron chi connectivity index (χ1n) is 3.73. The average Bonchev–Trinajstić information content (AvgIpc) is 2.55. The van der Waals surface area contributed by atoms with Crippen LogP contribution < -0.4 is 0 Å². The van der Waals surface area contributed by atoms with Gasteiger partial charge in [-0.05, 0) is 22.4 Å². The van der Waals surface area contributed by atoms with Gasteiger partial charge >= 0.3 is 4.83 Å². The van der Waals surface area contributed by atoms with Crippen LogP contribution in [0.15, 0.2) is 15.9 Å². The summed E-state index contributed by atoms with van der Waals surface area (Å²) < 4.78 is 38.1. The topological polar surface area (TPSA) is 12.9 Å². The third-order valence-corrected chi connectivity index (χ3v) is 3.86. The van der Waals surface area contributed by atoms with Gasteiger partial charge in [0.2, 0.25) is 0 Å². The first kappa shape index (κ1) is 12.3. The molecular formula is C7H7BrF3NS2. The number of thiazole rings is 1. The van der Waals surface area contributed by atoms with Crippen LogP contribution in [0.4, 0.5) is 13.2 Å². The van der Waals surface area contributed by atoms with E-state index in [1.807, 2.05) is 15.9 Å². The van der Waals surface area contributed by atoms with E-state index in [-0.39, 0.29) is 6.42 Å². The number of hydrogen-bond donors (Lipinski definition) is 0. The predicted octanol–water partition coefficient (Wildman–Crippen LogP) is 3.95. The second kappa shape index (κ2) is 5.37. The fourth-order valence-electron chi connectivity index (χ4n) is 0.695. The van der Waals surface area contributed by atoms with Crippen LogP contribution in [0.2, 0.25) is 0 Å². The number of rotatable bonds is 5. The Hall–Kier alpha value is 0.250. The lowest BCUT2D eigenvalue weighted by Gasteiger charge is -2.12. The van der Waals surface area contributed by atoms with Gasteiger partial charge in [0.25, 0.3) is 0 Å². The average molecular weight is 306 g/mol. The fourth-order valence-corrected chi connectivity index (χ4v) is 2.61. The van der Waals surface area contributed by atoms with Gasteiger partial charge in [0.15, 0.2) is 6.17 Å². The summed E-state index contributed by atoms with van der Waals surface area (Å²) in [5.41, 5.74) is 0. The molecule has 0 aliphatic carbocycles. The summed E-state index contributed by atoms with van der Waals surface area (Å²) in [5, 5.41) is 1.79. The van der Waals surface area contributed by atoms with Gasteiger partial charge in [-0.3, -0.25) is 0 Å². The summed E-state index contributed by atoms with van der Waals surface area (Å²) in [4.78, 5) is 0.515. The number of hydrogen-bond acceptors (Lipinski definition) is 3. The van der Waals surface area contributed by atoms with Crippen molar-refractivity contribution in [3.63, 3.8) is 0 Å². The Morgan fingerprint density at radius 3 is 2.86 bits per heavy atom. The first-order chi connectivity index (χ1) is 6.50. The highest BCUT2D eigenvalue weighted by Crippen LogP contribution is 2.32. The number of halogens is 4. The van der Waals surface area contributed by atoms with Crippen molar-refractivity contribution in [1.82, 2.24) is 4.98 Å². The molecule has 0 aliphatic heterocycles. The third kappa shape index (κ3) is 4.18. The molecule has 1 unspecified atom stereocenters. The lowest BCUT2D eigenvalue weighted by Crippen LogP contribution is -2.22. The molecule has 1 atom stereocenters. The number of nitrogens with zero attached hydrogens (tertiary/aromatic N) is 1. The van der Waals surface area contributed by atoms with Gasteiger partial charge in [-0.2, -0.15) is 8.78 Å². The van der Waals surface area contributed by atoms with Crippen LogP contribution in [0.5, 0.6) is 0 Å². The van der Waals surface area contributed by atoms with E-state index in [0.29, 0.717) is 5.75 Å². The lowest BCUT2D eigenvalue weighted by molar-refractivity contribution is 0.0210. The molecule has 0 saturated carbocycles. The lowest BCUT2D eigenvalue weighted by atomic mass is 10.3. The van der Waals surface area contributed by atoms with E-state index in [2.05, 4.69) is 4.98 Å². The predicted molar refractivity (Wildman–Crippen MR) is 56.2 cm³/mol. The molecule has 0 aromatic carbocycles. The zero-order valence-corrected chi connectivity index (χ0v) is 10.1. The third-order valence-electron chi connectivity index (χ3n) is 1.36. The zero-order chi connectivity index (χ0) is 10.6. The Bertz CT molecular complexity index is 262. The highest BCUT2D eigenvalue weighted by molar-refractivity contribution is 9.10. The molecule has 0 spiro atoms. The van der Waals surface area contributed by atoms with E-state index in [9.17, 15) is 13.2 Å². The summed E-state index contributed by atoms with van der Waals surface area (Å²) in [6.07, 6.45) is -0.711. The Labute approximate surface area is 96.2 Å². The first-order valence-corrected chi connectivity index (χ1v) is 6.39. The van der Waals surface area contributed by atoms with Crippen LogP contribution in [-0.2, 0) is 0 Å². The van der Waals surface area contributed by atoms with E-state index in [4.69, 9.17) is 0 Å². The number of alkyl halides is 4. The van der Waals surface area contributed by atoms with Crippen molar-refractivity contribution in [2.45, 2.75) is 21.8 Å². The molecule has 0 N–H and O–H groups in total. The molecule has 1 aromatic rings. The van der Waals surface area contributed by atoms with Crippen LogP contribution >= 0.6 is 39.0 Å². The van der Waals surface area contributed by atoms with Gasteiger partial charge in [-0.25, -0.2) is 9.37 Å². The van der Waals surface area contributed by atoms with E-state index >= 15 is 0 Å². The monoisotopic (exact) mass is 305 g/mol. The molecule has 7 heteroatoms. The second-order valence-electron chi connectivity index (χ2n) is 2.44. The maximum atomic E-state index is 12.7. The van der Waals surface area contributed by atoms with Crippen molar-refractivity contribution in [2.75, 3.05) is 5.75 Å². The Morgan fingerprint density at radius 2 is 2.36 bits per heavy atom. The maximum Gasteiger partial charge on any atom is 0.331 e. The molecule has 80 valence electrons. The van der Waals surface area contributed by atoms with Crippen LogP contribution in [0.3, 0.4) is 0 Å². The number of aromatic nitrogens is 1. The van der Waals surface area contributed by atoms with Crippen LogP contribution in [-0.4, -0.2) is 21.7 Å². The maximum absolute atomic E-state index is 12.7. The van der Waals surface area contributed by atoms with Crippen LogP contribution in [0, 0.1) is 0 Å². The van der Waals surface area contributed by atoms with E-state index in [0.717, 1.165) is 4.34 Å². The van der Waals surface area contributed by atoms with Crippen molar-refractivity contribution in [3.8, 4) is 0 Å². The summed E-state index contributed by atoms with van der Waals surface area (Å²) in [5.74, 6) is 0.301. The minimum Gasteiger partial charge on any atom is -0.240 e. The zero-order valence-electron chi connectivity index (χ0n) is 6.92. The Balaban J connectivity index is 2.22. The van der Waals surface area contributed by atoms with E-state index in [1.54, 1.807) is 11.6 Å². The SMILES string of the molecule is FC(CCSc1nccs1)C(F)(F)Br. The molecule has 0 amide bonds. The van der Waals surface area contributed by atoms with E-state index < -0.39 is 11.0 Å². The molecule has 0 bridgehead atoms. The summed E-state index contributed by atoms with van der Waals surface area (Å²) >= 11 is 4.69. The molecule has 0 fully saturated rings. The van der Waals surface area contributed by atoms with Gasteiger partial charge in [0, 0.05) is 17.3 Å². The molecule has 0 aliphatic rings. The van der Waals surface area contributed by atoms with Crippen LogP contribution in [0.25, 0.3) is 0 Å². The number of thioether (sulfide) groups is 1. The Morgan fingerprint density at radius 1 is 1.64 bits per heavy atom. The molecular weight excluding hydrogens is 299 g/mol. The highest BCUT2D eigenvalue weighted by Gasteiger charge is 2.36. The van der Waals surface area contributed by atoms with Gasteiger partial charge in [0.1, 0.15) is 4.34 Å². The van der Waals surface area contributed by atoms with Crippen molar-refractivity contribution < 1.29 is 13.2 Å². The molecule has 1 rings (SSSR count). The Kier molecular flexibility index (Phi) is 4.72. The fraction of sp³-hybridized carbons (Fsp3) is 0.571. The smallest absolute Gasteiger partial charge is 0.240 e. The van der Waals surface area contributed by atoms with Crippen LogP contribution in [0.1, 0.15) is 6.42 Å². The van der Waals surface area contributed by atoms with Crippen molar-refractivity contribution >= 4 is 39.0 Å². The molecule has 1 nitrogen and oxygen atoms in total. The molecule has 0 saturated heterocycles. The quantitative estimate of drug-likeness (QED) is 0.603. The molecule has 0 radical (unpaired) electrons. The normalized spacial score (nSPS) is 14.3. The summed E-state index contributed by atoms with van der Waals surface area (Å²) in [7, 11) is 0. The standard InChI is InChI=1S/C7H7BrF3NS2/c8-7(10,11)5(9)1-3-13-6-12-2-4-14-6/h2,4-5H,1,3H2. The minimum atomic E-state index is -3.42. The van der Waals surface area contributed by atoms with Gasteiger partial charge in [-0.1, -0.05) is 11.8 Å². The molecule has 1 aromatic heterocycles. The van der Waals surface area contributed by atoms with Crippen molar-refractivity contribution in [1.29, 1.82) is 0 Å². The molecule has 14 heavy (non-hydrogen) atoms. The minimum absolute atomic E-state index is 0.192. The summed E-state index contributed by atoms with van der Waals surface area (Å²) in [6, 6.07) is 0. The van der Waals surface area contributed by atoms with E-state index in [1.165, 1.54) is 23.1 Å². The molecule has 1 heterocycles. The van der Waals surface area contributed by atoms with Crippen molar-refractivity contribution in [3.05, 3.63) is 11.6 Å². The van der Waals surface area contributed by atoms with Gasteiger partial charge < -0.3 is 0 Å². The highest BCUT2D eigenvalue weighted by atomic mass is 79.9. The van der Waals surface area contributed by atoms with Crippen molar-refractivity contribution in [2.24, 2.45) is 0 Å². The summed E-state index contributed by atoms with van der Waals surface area (Å²) in [6.45, 7) is 0. The second-order valence-corrected chi connectivity index (χ2v) is 5.74. The van der Waals surface area contributed by atoms with Gasteiger partial charge in [-0.15, -0.1) is 11.3 Å².